The molecule has 0 saturated carbocycles. The maximum Gasteiger partial charge on any atom is 0.253 e. The standard InChI is InChI=1S/C23H31N3O4S/c1-15-12-13-18(14-16(15)2)26(31(7,29)30)17(3)21(27)24-20-11-9-8-10-19(20)22(28)25-23(4,5)6/h8-14,17H,1-7H3,(H,24,27)(H,25,28)/t17-/m1/s1. The maximum absolute atomic E-state index is 13.0. The van der Waals surface area contributed by atoms with Crippen LogP contribution in [0.3, 0.4) is 0 Å². The third kappa shape index (κ3) is 6.30. The van der Waals surface area contributed by atoms with Crippen LogP contribution in [0.5, 0.6) is 0 Å². The lowest BCUT2D eigenvalue weighted by Crippen LogP contribution is -2.46. The Balaban J connectivity index is 2.36. The summed E-state index contributed by atoms with van der Waals surface area (Å²) in [7, 11) is -3.74. The number of carbonyl (C=O) groups is 2. The number of sulfonamides is 1. The Hall–Kier alpha value is -2.87. The van der Waals surface area contributed by atoms with Gasteiger partial charge in [0.05, 0.1) is 23.2 Å². The zero-order chi connectivity index (χ0) is 23.6. The van der Waals surface area contributed by atoms with E-state index in [-0.39, 0.29) is 5.91 Å². The maximum atomic E-state index is 13.0. The number of nitrogens with one attached hydrogen (secondary N) is 2. The average molecular weight is 446 g/mol. The Labute approximate surface area is 184 Å². The number of anilines is 2. The molecule has 0 aliphatic heterocycles. The van der Waals surface area contributed by atoms with Gasteiger partial charge in [0.1, 0.15) is 6.04 Å². The molecule has 0 aromatic heterocycles. The van der Waals surface area contributed by atoms with Crippen molar-refractivity contribution >= 4 is 33.2 Å². The number of nitrogens with zero attached hydrogens (tertiary/aromatic N) is 1. The third-order valence-corrected chi connectivity index (χ3v) is 5.99. The molecule has 2 aromatic rings. The summed E-state index contributed by atoms with van der Waals surface area (Å²) in [5.41, 5.74) is 2.52. The number of aryl methyl sites for hydroxylation is 2. The molecular weight excluding hydrogens is 414 g/mol. The van der Waals surface area contributed by atoms with Gasteiger partial charge < -0.3 is 10.6 Å². The van der Waals surface area contributed by atoms with E-state index in [0.29, 0.717) is 16.9 Å². The molecule has 168 valence electrons. The number of hydrogen-bond donors (Lipinski definition) is 2. The number of para-hydroxylation sites is 1. The van der Waals surface area contributed by atoms with E-state index in [9.17, 15) is 18.0 Å². The molecule has 1 atom stereocenters. The van der Waals surface area contributed by atoms with Gasteiger partial charge in [-0.05, 0) is 76.9 Å². The van der Waals surface area contributed by atoms with E-state index in [1.165, 1.54) is 6.92 Å². The third-order valence-electron chi connectivity index (χ3n) is 4.75. The number of carbonyl (C=O) groups excluding carboxylic acids is 2. The van der Waals surface area contributed by atoms with Crippen molar-refractivity contribution in [2.45, 2.75) is 53.1 Å². The smallest absolute Gasteiger partial charge is 0.253 e. The molecule has 2 aromatic carbocycles. The van der Waals surface area contributed by atoms with E-state index in [1.54, 1.807) is 36.4 Å². The largest absolute Gasteiger partial charge is 0.347 e. The van der Waals surface area contributed by atoms with Gasteiger partial charge in [0, 0.05) is 5.54 Å². The highest BCUT2D eigenvalue weighted by Gasteiger charge is 2.30. The fourth-order valence-corrected chi connectivity index (χ4v) is 4.27. The second-order valence-electron chi connectivity index (χ2n) is 8.74. The molecule has 2 N–H and O–H groups in total. The minimum absolute atomic E-state index is 0.301. The predicted octanol–water partition coefficient (Wildman–Crippen LogP) is 3.62. The van der Waals surface area contributed by atoms with Crippen LogP contribution >= 0.6 is 0 Å². The van der Waals surface area contributed by atoms with Gasteiger partial charge in [-0.3, -0.25) is 13.9 Å². The quantitative estimate of drug-likeness (QED) is 0.710. The summed E-state index contributed by atoms with van der Waals surface area (Å²) in [5.74, 6) is -0.871. The van der Waals surface area contributed by atoms with Gasteiger partial charge in [0.2, 0.25) is 15.9 Å². The van der Waals surface area contributed by atoms with Crippen molar-refractivity contribution < 1.29 is 18.0 Å². The van der Waals surface area contributed by atoms with Crippen LogP contribution < -0.4 is 14.9 Å². The normalized spacial score (nSPS) is 12.7. The van der Waals surface area contributed by atoms with Gasteiger partial charge in [-0.2, -0.15) is 0 Å². The second kappa shape index (κ2) is 9.09. The molecule has 0 saturated heterocycles. The van der Waals surface area contributed by atoms with Gasteiger partial charge in [-0.15, -0.1) is 0 Å². The van der Waals surface area contributed by atoms with Crippen molar-refractivity contribution in [2.75, 3.05) is 15.9 Å². The van der Waals surface area contributed by atoms with Crippen LogP contribution in [0.2, 0.25) is 0 Å². The highest BCUT2D eigenvalue weighted by atomic mass is 32.2. The number of hydrogen-bond acceptors (Lipinski definition) is 4. The van der Waals surface area contributed by atoms with E-state index >= 15 is 0 Å². The number of benzene rings is 2. The highest BCUT2D eigenvalue weighted by Crippen LogP contribution is 2.25. The molecule has 7 nitrogen and oxygen atoms in total. The van der Waals surface area contributed by atoms with Crippen LogP contribution in [0.4, 0.5) is 11.4 Å². The molecule has 2 rings (SSSR count). The molecule has 0 fully saturated rings. The monoisotopic (exact) mass is 445 g/mol. The number of rotatable bonds is 6. The summed E-state index contributed by atoms with van der Waals surface area (Å²) in [5, 5.41) is 5.59. The van der Waals surface area contributed by atoms with Crippen LogP contribution in [0.15, 0.2) is 42.5 Å². The SMILES string of the molecule is Cc1ccc(N([C@H](C)C(=O)Nc2ccccc2C(=O)NC(C)(C)C)S(C)(=O)=O)cc1C. The van der Waals surface area contributed by atoms with Gasteiger partial charge in [0.25, 0.3) is 5.91 Å². The van der Waals surface area contributed by atoms with Gasteiger partial charge >= 0.3 is 0 Å². The lowest BCUT2D eigenvalue weighted by molar-refractivity contribution is -0.116. The Morgan fingerprint density at radius 2 is 1.61 bits per heavy atom. The molecule has 0 bridgehead atoms. The fraction of sp³-hybridized carbons (Fsp3) is 0.391. The highest BCUT2D eigenvalue weighted by molar-refractivity contribution is 7.92. The fourth-order valence-electron chi connectivity index (χ4n) is 3.11. The van der Waals surface area contributed by atoms with Crippen LogP contribution in [-0.4, -0.2) is 38.1 Å². The first-order valence-corrected chi connectivity index (χ1v) is 11.8. The average Bonchev–Trinajstić information content (AvgIpc) is 2.62. The molecule has 2 amide bonds. The van der Waals surface area contributed by atoms with Gasteiger partial charge in [-0.25, -0.2) is 8.42 Å². The molecule has 0 aliphatic carbocycles. The molecule has 0 aliphatic rings. The minimum atomic E-state index is -3.74. The van der Waals surface area contributed by atoms with Crippen molar-refractivity contribution in [2.24, 2.45) is 0 Å². The van der Waals surface area contributed by atoms with Gasteiger partial charge in [0.15, 0.2) is 0 Å². The first-order chi connectivity index (χ1) is 14.2. The molecule has 31 heavy (non-hydrogen) atoms. The Morgan fingerprint density at radius 1 is 1.00 bits per heavy atom. The number of amides is 2. The summed E-state index contributed by atoms with van der Waals surface area (Å²) in [6, 6.07) is 10.8. The summed E-state index contributed by atoms with van der Waals surface area (Å²) < 4.78 is 26.2. The molecule has 0 unspecified atom stereocenters. The lowest BCUT2D eigenvalue weighted by Gasteiger charge is -2.29. The molecule has 0 spiro atoms. The van der Waals surface area contributed by atoms with Crippen molar-refractivity contribution in [3.8, 4) is 0 Å². The van der Waals surface area contributed by atoms with Crippen molar-refractivity contribution in [1.82, 2.24) is 5.32 Å². The topological polar surface area (TPSA) is 95.6 Å². The van der Waals surface area contributed by atoms with Crippen molar-refractivity contribution in [1.29, 1.82) is 0 Å². The first kappa shape index (κ1) is 24.4. The summed E-state index contributed by atoms with van der Waals surface area (Å²) >= 11 is 0. The second-order valence-corrected chi connectivity index (χ2v) is 10.6. The van der Waals surface area contributed by atoms with E-state index in [1.807, 2.05) is 40.7 Å². The van der Waals surface area contributed by atoms with Crippen LogP contribution in [-0.2, 0) is 14.8 Å². The Kier molecular flexibility index (Phi) is 7.16. The summed E-state index contributed by atoms with van der Waals surface area (Å²) in [6.45, 7) is 10.9. The predicted molar refractivity (Wildman–Crippen MR) is 125 cm³/mol. The Morgan fingerprint density at radius 3 is 2.16 bits per heavy atom. The lowest BCUT2D eigenvalue weighted by atomic mass is 10.1. The zero-order valence-corrected chi connectivity index (χ0v) is 19.9. The minimum Gasteiger partial charge on any atom is -0.347 e. The van der Waals surface area contributed by atoms with Crippen molar-refractivity contribution in [3.63, 3.8) is 0 Å². The van der Waals surface area contributed by atoms with Gasteiger partial charge in [-0.1, -0.05) is 18.2 Å². The van der Waals surface area contributed by atoms with E-state index in [0.717, 1.165) is 21.7 Å². The summed E-state index contributed by atoms with van der Waals surface area (Å²) in [6.07, 6.45) is 1.07. The molecular formula is C23H31N3O4S. The summed E-state index contributed by atoms with van der Waals surface area (Å²) in [4.78, 5) is 25.7. The molecule has 8 heteroatoms. The molecule has 0 heterocycles. The van der Waals surface area contributed by atoms with E-state index in [2.05, 4.69) is 10.6 Å². The van der Waals surface area contributed by atoms with Crippen LogP contribution in [0.1, 0.15) is 49.2 Å². The molecule has 0 radical (unpaired) electrons. The van der Waals surface area contributed by atoms with Crippen LogP contribution in [0.25, 0.3) is 0 Å². The Bertz CT molecular complexity index is 1090. The van der Waals surface area contributed by atoms with E-state index in [4.69, 9.17) is 0 Å². The van der Waals surface area contributed by atoms with E-state index < -0.39 is 27.5 Å². The zero-order valence-electron chi connectivity index (χ0n) is 19.1. The van der Waals surface area contributed by atoms with Crippen molar-refractivity contribution in [3.05, 3.63) is 59.2 Å². The van der Waals surface area contributed by atoms with Crippen LogP contribution in [0, 0.1) is 13.8 Å². The first-order valence-electron chi connectivity index (χ1n) is 10.00.